The molecule has 31 heavy (non-hydrogen) atoms. The van der Waals surface area contributed by atoms with Crippen LogP contribution in [0.2, 0.25) is 0 Å². The summed E-state index contributed by atoms with van der Waals surface area (Å²) in [6.07, 6.45) is 0.648. The van der Waals surface area contributed by atoms with Gasteiger partial charge in [-0.05, 0) is 54.4 Å². The SMILES string of the molecule is COc1ccc(S(=O)(=O)N(C)C)cc1CCC(=O)N1CCN(c2ccc(F)cc2)CC1. The highest BCUT2D eigenvalue weighted by Gasteiger charge is 2.23. The molecule has 0 N–H and O–H groups in total. The van der Waals surface area contributed by atoms with Crippen LogP contribution >= 0.6 is 0 Å². The van der Waals surface area contributed by atoms with E-state index in [1.54, 1.807) is 24.3 Å². The van der Waals surface area contributed by atoms with Gasteiger partial charge in [0.25, 0.3) is 0 Å². The molecular formula is C22H28FN3O4S. The monoisotopic (exact) mass is 449 g/mol. The lowest BCUT2D eigenvalue weighted by Gasteiger charge is -2.36. The third-order valence-corrected chi connectivity index (χ3v) is 7.27. The molecule has 7 nitrogen and oxygen atoms in total. The highest BCUT2D eigenvalue weighted by atomic mass is 32.2. The zero-order chi connectivity index (χ0) is 22.6. The fraction of sp³-hybridized carbons (Fsp3) is 0.409. The van der Waals surface area contributed by atoms with Gasteiger partial charge in [-0.3, -0.25) is 4.79 Å². The maximum atomic E-state index is 13.1. The predicted molar refractivity (Wildman–Crippen MR) is 117 cm³/mol. The number of sulfonamides is 1. The quantitative estimate of drug-likeness (QED) is 0.649. The topological polar surface area (TPSA) is 70.2 Å². The summed E-state index contributed by atoms with van der Waals surface area (Å²) in [5.41, 5.74) is 1.63. The van der Waals surface area contributed by atoms with Crippen molar-refractivity contribution in [3.8, 4) is 5.75 Å². The number of aryl methyl sites for hydroxylation is 1. The van der Waals surface area contributed by atoms with Crippen molar-refractivity contribution in [2.45, 2.75) is 17.7 Å². The Labute approximate surface area is 183 Å². The number of halogens is 1. The van der Waals surface area contributed by atoms with Gasteiger partial charge in [0.2, 0.25) is 15.9 Å². The lowest BCUT2D eigenvalue weighted by Crippen LogP contribution is -2.48. The third kappa shape index (κ3) is 5.34. The van der Waals surface area contributed by atoms with Gasteiger partial charge in [-0.2, -0.15) is 0 Å². The van der Waals surface area contributed by atoms with Crippen LogP contribution in [0.1, 0.15) is 12.0 Å². The number of hydrogen-bond donors (Lipinski definition) is 0. The Morgan fingerprint density at radius 2 is 1.71 bits per heavy atom. The van der Waals surface area contributed by atoms with E-state index >= 15 is 0 Å². The number of hydrogen-bond acceptors (Lipinski definition) is 5. The molecular weight excluding hydrogens is 421 g/mol. The molecule has 0 saturated carbocycles. The Morgan fingerprint density at radius 3 is 2.29 bits per heavy atom. The van der Waals surface area contributed by atoms with E-state index in [0.717, 1.165) is 9.99 Å². The number of methoxy groups -OCH3 is 1. The van der Waals surface area contributed by atoms with E-state index in [1.807, 2.05) is 4.90 Å². The minimum atomic E-state index is -3.57. The van der Waals surface area contributed by atoms with Crippen LogP contribution in [-0.2, 0) is 21.2 Å². The van der Waals surface area contributed by atoms with Crippen LogP contribution in [0.25, 0.3) is 0 Å². The van der Waals surface area contributed by atoms with Crippen LogP contribution in [0.4, 0.5) is 10.1 Å². The fourth-order valence-electron chi connectivity index (χ4n) is 3.59. The van der Waals surface area contributed by atoms with Crippen LogP contribution in [-0.4, -0.2) is 70.9 Å². The van der Waals surface area contributed by atoms with Gasteiger partial charge in [0.15, 0.2) is 0 Å². The molecule has 9 heteroatoms. The summed E-state index contributed by atoms with van der Waals surface area (Å²) < 4.78 is 44.5. The summed E-state index contributed by atoms with van der Waals surface area (Å²) >= 11 is 0. The van der Waals surface area contributed by atoms with Crippen molar-refractivity contribution in [1.82, 2.24) is 9.21 Å². The summed E-state index contributed by atoms with van der Waals surface area (Å²) in [6.45, 7) is 2.53. The van der Waals surface area contributed by atoms with E-state index in [2.05, 4.69) is 4.90 Å². The summed E-state index contributed by atoms with van der Waals surface area (Å²) in [7, 11) is 0.919. The molecule has 0 spiro atoms. The molecule has 1 fully saturated rings. The molecule has 1 aliphatic rings. The number of rotatable bonds is 7. The number of carbonyl (C=O) groups is 1. The lowest BCUT2D eigenvalue weighted by molar-refractivity contribution is -0.131. The van der Waals surface area contributed by atoms with Crippen molar-refractivity contribution >= 4 is 21.6 Å². The van der Waals surface area contributed by atoms with Crippen molar-refractivity contribution in [1.29, 1.82) is 0 Å². The van der Waals surface area contributed by atoms with Crippen molar-refractivity contribution < 1.29 is 22.3 Å². The van der Waals surface area contributed by atoms with Gasteiger partial charge in [0.1, 0.15) is 11.6 Å². The van der Waals surface area contributed by atoms with Gasteiger partial charge in [-0.15, -0.1) is 0 Å². The number of nitrogens with zero attached hydrogens (tertiary/aromatic N) is 3. The van der Waals surface area contributed by atoms with E-state index in [4.69, 9.17) is 4.74 Å². The predicted octanol–water partition coefficient (Wildman–Crippen LogP) is 2.37. The molecule has 0 atom stereocenters. The molecule has 0 unspecified atom stereocenters. The Bertz CT molecular complexity index is 1020. The number of anilines is 1. The van der Waals surface area contributed by atoms with Crippen LogP contribution in [0, 0.1) is 5.82 Å². The van der Waals surface area contributed by atoms with Gasteiger partial charge in [-0.1, -0.05) is 0 Å². The van der Waals surface area contributed by atoms with E-state index < -0.39 is 10.0 Å². The second-order valence-corrected chi connectivity index (χ2v) is 9.76. The summed E-state index contributed by atoms with van der Waals surface area (Å²) in [5, 5.41) is 0. The number of benzene rings is 2. The molecule has 2 aromatic carbocycles. The smallest absolute Gasteiger partial charge is 0.242 e. The molecule has 0 aliphatic carbocycles. The molecule has 1 heterocycles. The molecule has 1 saturated heterocycles. The zero-order valence-corrected chi connectivity index (χ0v) is 18.9. The molecule has 0 bridgehead atoms. The van der Waals surface area contributed by atoms with E-state index in [1.165, 1.54) is 39.4 Å². The van der Waals surface area contributed by atoms with Crippen LogP contribution in [0.3, 0.4) is 0 Å². The Balaban J connectivity index is 1.61. The lowest BCUT2D eigenvalue weighted by atomic mass is 10.1. The first-order chi connectivity index (χ1) is 14.7. The maximum Gasteiger partial charge on any atom is 0.242 e. The minimum Gasteiger partial charge on any atom is -0.496 e. The molecule has 0 aromatic heterocycles. The molecule has 168 valence electrons. The highest BCUT2D eigenvalue weighted by Crippen LogP contribution is 2.25. The first kappa shape index (κ1) is 23.0. The number of ether oxygens (including phenoxy) is 1. The van der Waals surface area contributed by atoms with Crippen LogP contribution < -0.4 is 9.64 Å². The standard InChI is InChI=1S/C22H28FN3O4S/c1-24(2)31(28,29)20-9-10-21(30-3)17(16-20)4-11-22(27)26-14-12-25(13-15-26)19-7-5-18(23)6-8-19/h5-10,16H,4,11-15H2,1-3H3. The van der Waals surface area contributed by atoms with Gasteiger partial charge in [-0.25, -0.2) is 17.1 Å². The summed E-state index contributed by atoms with van der Waals surface area (Å²) in [6, 6.07) is 11.1. The first-order valence-corrected chi connectivity index (χ1v) is 11.5. The zero-order valence-electron chi connectivity index (χ0n) is 18.0. The number of amides is 1. The highest BCUT2D eigenvalue weighted by molar-refractivity contribution is 7.89. The van der Waals surface area contributed by atoms with Gasteiger partial charge < -0.3 is 14.5 Å². The third-order valence-electron chi connectivity index (χ3n) is 5.46. The van der Waals surface area contributed by atoms with E-state index in [9.17, 15) is 17.6 Å². The minimum absolute atomic E-state index is 0.0154. The van der Waals surface area contributed by atoms with Crippen LogP contribution in [0.15, 0.2) is 47.4 Å². The number of carbonyl (C=O) groups excluding carboxylic acids is 1. The Hall–Kier alpha value is -2.65. The summed E-state index contributed by atoms with van der Waals surface area (Å²) in [5.74, 6) is 0.309. The summed E-state index contributed by atoms with van der Waals surface area (Å²) in [4.78, 5) is 16.9. The Morgan fingerprint density at radius 1 is 1.06 bits per heavy atom. The van der Waals surface area contributed by atoms with Crippen molar-refractivity contribution in [2.24, 2.45) is 0 Å². The molecule has 1 aliphatic heterocycles. The van der Waals surface area contributed by atoms with Gasteiger partial charge in [0.05, 0.1) is 12.0 Å². The molecule has 0 radical (unpaired) electrons. The second kappa shape index (κ2) is 9.65. The van der Waals surface area contributed by atoms with Gasteiger partial charge >= 0.3 is 0 Å². The largest absolute Gasteiger partial charge is 0.496 e. The normalized spacial score (nSPS) is 14.7. The number of piperazine rings is 1. The average Bonchev–Trinajstić information content (AvgIpc) is 2.77. The molecule has 2 aromatic rings. The molecule has 1 amide bonds. The Kier molecular flexibility index (Phi) is 7.17. The van der Waals surface area contributed by atoms with Gasteiger partial charge in [0, 0.05) is 52.4 Å². The van der Waals surface area contributed by atoms with Crippen molar-refractivity contribution in [3.63, 3.8) is 0 Å². The average molecular weight is 450 g/mol. The second-order valence-electron chi connectivity index (χ2n) is 7.61. The fourth-order valence-corrected chi connectivity index (χ4v) is 4.54. The van der Waals surface area contributed by atoms with E-state index in [0.29, 0.717) is 43.9 Å². The first-order valence-electron chi connectivity index (χ1n) is 10.1. The molecule has 3 rings (SSSR count). The maximum absolute atomic E-state index is 13.1. The van der Waals surface area contributed by atoms with Crippen molar-refractivity contribution in [2.75, 3.05) is 52.3 Å². The van der Waals surface area contributed by atoms with Crippen LogP contribution in [0.5, 0.6) is 5.75 Å². The van der Waals surface area contributed by atoms with Crippen molar-refractivity contribution in [3.05, 3.63) is 53.8 Å². The van der Waals surface area contributed by atoms with E-state index in [-0.39, 0.29) is 23.0 Å².